The lowest BCUT2D eigenvalue weighted by Gasteiger charge is -2.37. The lowest BCUT2D eigenvalue weighted by Crippen LogP contribution is -2.42. The standard InChI is InChI=1S/C13H22BrN3/c1-3-13(4-2,10-14)11-16-7-8-17-6-5-15-12(17)9-16/h5-6H,3-4,7-11H2,1-2H3. The maximum absolute atomic E-state index is 4.42. The van der Waals surface area contributed by atoms with Crippen molar-refractivity contribution in [3.05, 3.63) is 18.2 Å². The van der Waals surface area contributed by atoms with Gasteiger partial charge in [0, 0.05) is 37.4 Å². The fourth-order valence-corrected chi connectivity index (χ4v) is 3.51. The number of halogens is 1. The van der Waals surface area contributed by atoms with Crippen LogP contribution in [0.25, 0.3) is 0 Å². The molecule has 0 atom stereocenters. The predicted octanol–water partition coefficient (Wildman–Crippen LogP) is 2.90. The molecule has 1 aromatic heterocycles. The smallest absolute Gasteiger partial charge is 0.122 e. The van der Waals surface area contributed by atoms with Crippen molar-refractivity contribution >= 4 is 15.9 Å². The monoisotopic (exact) mass is 299 g/mol. The maximum atomic E-state index is 4.42. The molecule has 0 radical (unpaired) electrons. The Morgan fingerprint density at radius 1 is 1.35 bits per heavy atom. The molecule has 96 valence electrons. The van der Waals surface area contributed by atoms with E-state index >= 15 is 0 Å². The van der Waals surface area contributed by atoms with Crippen molar-refractivity contribution in [2.45, 2.75) is 39.8 Å². The number of hydrogen-bond donors (Lipinski definition) is 0. The van der Waals surface area contributed by atoms with Crippen LogP contribution in [-0.4, -0.2) is 32.9 Å². The van der Waals surface area contributed by atoms with Crippen LogP contribution in [-0.2, 0) is 13.1 Å². The minimum Gasteiger partial charge on any atom is -0.333 e. The Bertz CT molecular complexity index is 349. The van der Waals surface area contributed by atoms with E-state index in [-0.39, 0.29) is 0 Å². The van der Waals surface area contributed by atoms with Gasteiger partial charge in [0.1, 0.15) is 5.82 Å². The Balaban J connectivity index is 2.01. The van der Waals surface area contributed by atoms with Crippen LogP contribution in [0.5, 0.6) is 0 Å². The van der Waals surface area contributed by atoms with Gasteiger partial charge in [0.05, 0.1) is 6.54 Å². The number of aromatic nitrogens is 2. The van der Waals surface area contributed by atoms with Crippen molar-refractivity contribution in [3.8, 4) is 0 Å². The van der Waals surface area contributed by atoms with Crippen LogP contribution in [0.3, 0.4) is 0 Å². The van der Waals surface area contributed by atoms with E-state index in [1.54, 1.807) is 0 Å². The van der Waals surface area contributed by atoms with Gasteiger partial charge in [-0.1, -0.05) is 29.8 Å². The molecule has 0 spiro atoms. The molecule has 0 fully saturated rings. The van der Waals surface area contributed by atoms with Gasteiger partial charge in [-0.2, -0.15) is 0 Å². The number of hydrogen-bond acceptors (Lipinski definition) is 2. The first-order chi connectivity index (χ1) is 8.23. The van der Waals surface area contributed by atoms with Crippen molar-refractivity contribution in [1.82, 2.24) is 14.5 Å². The van der Waals surface area contributed by atoms with Gasteiger partial charge in [-0.15, -0.1) is 0 Å². The van der Waals surface area contributed by atoms with Crippen molar-refractivity contribution < 1.29 is 0 Å². The Morgan fingerprint density at radius 3 is 2.76 bits per heavy atom. The highest BCUT2D eigenvalue weighted by molar-refractivity contribution is 9.09. The zero-order valence-corrected chi connectivity index (χ0v) is 12.4. The first kappa shape index (κ1) is 13.1. The molecule has 0 unspecified atom stereocenters. The van der Waals surface area contributed by atoms with Gasteiger partial charge in [0.15, 0.2) is 0 Å². The SMILES string of the molecule is CCC(CC)(CBr)CN1CCn2ccnc2C1. The molecule has 0 aromatic carbocycles. The van der Waals surface area contributed by atoms with Gasteiger partial charge >= 0.3 is 0 Å². The summed E-state index contributed by atoms with van der Waals surface area (Å²) in [7, 11) is 0. The molecule has 0 amide bonds. The molecule has 0 bridgehead atoms. The predicted molar refractivity (Wildman–Crippen MR) is 74.3 cm³/mol. The molecule has 2 heterocycles. The van der Waals surface area contributed by atoms with Crippen LogP contribution >= 0.6 is 15.9 Å². The lowest BCUT2D eigenvalue weighted by molar-refractivity contribution is 0.129. The van der Waals surface area contributed by atoms with Crippen molar-refractivity contribution in [1.29, 1.82) is 0 Å². The second kappa shape index (κ2) is 5.53. The van der Waals surface area contributed by atoms with Gasteiger partial charge in [0.2, 0.25) is 0 Å². The van der Waals surface area contributed by atoms with Crippen LogP contribution in [0, 0.1) is 5.41 Å². The van der Waals surface area contributed by atoms with E-state index in [1.807, 2.05) is 6.20 Å². The van der Waals surface area contributed by atoms with E-state index in [0.29, 0.717) is 5.41 Å². The van der Waals surface area contributed by atoms with E-state index in [9.17, 15) is 0 Å². The highest BCUT2D eigenvalue weighted by Gasteiger charge is 2.29. The first-order valence-corrected chi connectivity index (χ1v) is 7.63. The molecule has 2 rings (SSSR count). The third-order valence-electron chi connectivity index (χ3n) is 4.17. The summed E-state index contributed by atoms with van der Waals surface area (Å²) in [6.07, 6.45) is 6.47. The molecule has 17 heavy (non-hydrogen) atoms. The highest BCUT2D eigenvalue weighted by Crippen LogP contribution is 2.30. The summed E-state index contributed by atoms with van der Waals surface area (Å²) in [5.74, 6) is 1.21. The minimum absolute atomic E-state index is 0.425. The molecule has 1 aromatic rings. The van der Waals surface area contributed by atoms with E-state index in [0.717, 1.165) is 25.0 Å². The van der Waals surface area contributed by atoms with Crippen molar-refractivity contribution in [2.75, 3.05) is 18.4 Å². The van der Waals surface area contributed by atoms with Crippen LogP contribution in [0.15, 0.2) is 12.4 Å². The molecule has 0 saturated carbocycles. The first-order valence-electron chi connectivity index (χ1n) is 6.51. The maximum Gasteiger partial charge on any atom is 0.122 e. The van der Waals surface area contributed by atoms with E-state index in [4.69, 9.17) is 0 Å². The molecule has 1 aliphatic heterocycles. The van der Waals surface area contributed by atoms with Gasteiger partial charge in [-0.25, -0.2) is 4.98 Å². The topological polar surface area (TPSA) is 21.1 Å². The quantitative estimate of drug-likeness (QED) is 0.780. The van der Waals surface area contributed by atoms with E-state index in [2.05, 4.69) is 50.4 Å². The third-order valence-corrected chi connectivity index (χ3v) is 5.36. The van der Waals surface area contributed by atoms with Gasteiger partial charge in [-0.05, 0) is 18.3 Å². The molecule has 1 aliphatic rings. The largest absolute Gasteiger partial charge is 0.333 e. The molecule has 3 nitrogen and oxygen atoms in total. The minimum atomic E-state index is 0.425. The van der Waals surface area contributed by atoms with Crippen molar-refractivity contribution in [3.63, 3.8) is 0 Å². The highest BCUT2D eigenvalue weighted by atomic mass is 79.9. The summed E-state index contributed by atoms with van der Waals surface area (Å²) in [6, 6.07) is 0. The van der Waals surface area contributed by atoms with E-state index < -0.39 is 0 Å². The third kappa shape index (κ3) is 2.74. The van der Waals surface area contributed by atoms with Gasteiger partial charge < -0.3 is 4.57 Å². The number of fused-ring (bicyclic) bond motifs is 1. The molecule has 0 saturated heterocycles. The number of imidazole rings is 1. The summed E-state index contributed by atoms with van der Waals surface area (Å²) in [6.45, 7) is 9.02. The fourth-order valence-electron chi connectivity index (χ4n) is 2.54. The second-order valence-corrected chi connectivity index (χ2v) is 5.65. The van der Waals surface area contributed by atoms with Gasteiger partial charge in [-0.3, -0.25) is 4.90 Å². The second-order valence-electron chi connectivity index (χ2n) is 5.09. The zero-order chi connectivity index (χ0) is 12.3. The normalized spacial score (nSPS) is 17.1. The average molecular weight is 300 g/mol. The summed E-state index contributed by atoms with van der Waals surface area (Å²) < 4.78 is 2.27. The summed E-state index contributed by atoms with van der Waals surface area (Å²) in [4.78, 5) is 6.98. The Morgan fingerprint density at radius 2 is 2.12 bits per heavy atom. The van der Waals surface area contributed by atoms with Crippen LogP contribution in [0.4, 0.5) is 0 Å². The fraction of sp³-hybridized carbons (Fsp3) is 0.769. The number of nitrogens with zero attached hydrogens (tertiary/aromatic N) is 3. The number of rotatable bonds is 5. The molecular formula is C13H22BrN3. The number of alkyl halides is 1. The zero-order valence-electron chi connectivity index (χ0n) is 10.8. The van der Waals surface area contributed by atoms with E-state index in [1.165, 1.54) is 25.2 Å². The molecular weight excluding hydrogens is 278 g/mol. The van der Waals surface area contributed by atoms with Crippen LogP contribution < -0.4 is 0 Å². The van der Waals surface area contributed by atoms with Crippen LogP contribution in [0.1, 0.15) is 32.5 Å². The Kier molecular flexibility index (Phi) is 4.26. The molecule has 4 heteroatoms. The lowest BCUT2D eigenvalue weighted by atomic mass is 9.84. The summed E-state index contributed by atoms with van der Waals surface area (Å²) in [5, 5.41) is 1.10. The summed E-state index contributed by atoms with van der Waals surface area (Å²) >= 11 is 3.70. The summed E-state index contributed by atoms with van der Waals surface area (Å²) in [5.41, 5.74) is 0.425. The molecule has 0 aliphatic carbocycles. The Labute approximate surface area is 112 Å². The van der Waals surface area contributed by atoms with Crippen molar-refractivity contribution in [2.24, 2.45) is 5.41 Å². The van der Waals surface area contributed by atoms with Gasteiger partial charge in [0.25, 0.3) is 0 Å². The molecule has 0 N–H and O–H groups in total. The Hall–Kier alpha value is -0.350. The van der Waals surface area contributed by atoms with Crippen LogP contribution in [0.2, 0.25) is 0 Å². The average Bonchev–Trinajstić information content (AvgIpc) is 2.83.